The predicted molar refractivity (Wildman–Crippen MR) is 45.3 cm³/mol. The summed E-state index contributed by atoms with van der Waals surface area (Å²) in [4.78, 5) is 6.09. The molecule has 0 aromatic carbocycles. The van der Waals surface area contributed by atoms with E-state index in [4.69, 9.17) is 5.41 Å². The van der Waals surface area contributed by atoms with Crippen LogP contribution in [0.3, 0.4) is 0 Å². The zero-order valence-electron chi connectivity index (χ0n) is 6.89. The van der Waals surface area contributed by atoms with Gasteiger partial charge in [0, 0.05) is 31.9 Å². The number of aliphatic imine (C=N–C) groups is 1. The first-order valence-corrected chi connectivity index (χ1v) is 3.29. The molecule has 0 heterocycles. The summed E-state index contributed by atoms with van der Waals surface area (Å²) in [5.74, 6) is 0. The average Bonchev–Trinajstić information content (AvgIpc) is 1.86. The van der Waals surface area contributed by atoms with Gasteiger partial charge < -0.3 is 10.3 Å². The lowest BCUT2D eigenvalue weighted by atomic mass is 10.3. The van der Waals surface area contributed by atoms with Crippen molar-refractivity contribution < 1.29 is 0 Å². The number of nitrogens with zero attached hydrogens (tertiary/aromatic N) is 2. The van der Waals surface area contributed by atoms with Crippen LogP contribution in [0.15, 0.2) is 4.99 Å². The second-order valence-corrected chi connectivity index (χ2v) is 2.44. The summed E-state index contributed by atoms with van der Waals surface area (Å²) < 4.78 is 0. The zero-order chi connectivity index (χ0) is 7.98. The number of hydrogen-bond acceptors (Lipinski definition) is 3. The summed E-state index contributed by atoms with van der Waals surface area (Å²) in [6.45, 7) is 0.853. The first-order valence-electron chi connectivity index (χ1n) is 3.29. The number of nitrogens with one attached hydrogen (secondary N) is 1. The molecule has 3 nitrogen and oxygen atoms in total. The Bertz CT molecular complexity index is 127. The average molecular weight is 141 g/mol. The highest BCUT2D eigenvalue weighted by Crippen LogP contribution is 1.85. The van der Waals surface area contributed by atoms with Gasteiger partial charge in [-0.05, 0) is 14.1 Å². The van der Waals surface area contributed by atoms with Gasteiger partial charge >= 0.3 is 0 Å². The Labute approximate surface area is 62.3 Å². The molecule has 0 radical (unpaired) electrons. The second-order valence-electron chi connectivity index (χ2n) is 2.44. The molecule has 3 heteroatoms. The summed E-state index contributed by atoms with van der Waals surface area (Å²) in [6, 6.07) is 0. The van der Waals surface area contributed by atoms with Crippen LogP contribution in [0.4, 0.5) is 0 Å². The van der Waals surface area contributed by atoms with Crippen molar-refractivity contribution in [3.63, 3.8) is 0 Å². The number of hydrogen-bond donors (Lipinski definition) is 1. The lowest BCUT2D eigenvalue weighted by Gasteiger charge is -2.09. The Kier molecular flexibility index (Phi) is 4.76. The van der Waals surface area contributed by atoms with Crippen molar-refractivity contribution in [1.29, 1.82) is 5.41 Å². The smallest absolute Gasteiger partial charge is 0.0361 e. The van der Waals surface area contributed by atoms with Crippen molar-refractivity contribution in [3.05, 3.63) is 0 Å². The Morgan fingerprint density at radius 3 is 2.50 bits per heavy atom. The molecule has 0 bridgehead atoms. The topological polar surface area (TPSA) is 39.5 Å². The SMILES string of the molecule is CN=C(CC=N)CN(C)C. The maximum Gasteiger partial charge on any atom is 0.0361 e. The molecule has 0 aliphatic rings. The molecule has 0 aliphatic carbocycles. The van der Waals surface area contributed by atoms with Gasteiger partial charge in [0.05, 0.1) is 0 Å². The van der Waals surface area contributed by atoms with E-state index in [0.717, 1.165) is 12.3 Å². The van der Waals surface area contributed by atoms with Crippen LogP contribution in [0.5, 0.6) is 0 Å². The minimum atomic E-state index is 0.675. The Morgan fingerprint density at radius 1 is 1.60 bits per heavy atom. The minimum absolute atomic E-state index is 0.675. The maximum absolute atomic E-state index is 6.86. The predicted octanol–water partition coefficient (Wildman–Crippen LogP) is 0.658. The molecule has 0 rings (SSSR count). The Hall–Kier alpha value is -0.700. The van der Waals surface area contributed by atoms with Crippen LogP contribution >= 0.6 is 0 Å². The molecular formula is C7H15N3. The molecule has 10 heavy (non-hydrogen) atoms. The van der Waals surface area contributed by atoms with Crippen LogP contribution in [-0.2, 0) is 0 Å². The highest BCUT2D eigenvalue weighted by Gasteiger charge is 1.96. The van der Waals surface area contributed by atoms with Crippen LogP contribution in [-0.4, -0.2) is 44.5 Å². The molecule has 0 amide bonds. The van der Waals surface area contributed by atoms with Crippen molar-refractivity contribution in [2.45, 2.75) is 6.42 Å². The van der Waals surface area contributed by atoms with Gasteiger partial charge in [-0.2, -0.15) is 0 Å². The molecule has 58 valence electrons. The van der Waals surface area contributed by atoms with Crippen LogP contribution in [0.1, 0.15) is 6.42 Å². The molecule has 0 fully saturated rings. The summed E-state index contributed by atoms with van der Waals surface area (Å²) in [6.07, 6.45) is 2.06. The maximum atomic E-state index is 6.86. The van der Waals surface area contributed by atoms with Gasteiger partial charge in [-0.3, -0.25) is 4.99 Å². The normalized spacial score (nSPS) is 12.2. The van der Waals surface area contributed by atoms with E-state index in [-0.39, 0.29) is 0 Å². The highest BCUT2D eigenvalue weighted by molar-refractivity contribution is 5.95. The van der Waals surface area contributed by atoms with Crippen LogP contribution < -0.4 is 0 Å². The molecule has 0 unspecified atom stereocenters. The third kappa shape index (κ3) is 4.21. The first-order chi connectivity index (χ1) is 4.70. The van der Waals surface area contributed by atoms with E-state index in [0.29, 0.717) is 6.42 Å². The third-order valence-corrected chi connectivity index (χ3v) is 1.15. The van der Waals surface area contributed by atoms with Gasteiger partial charge in [0.15, 0.2) is 0 Å². The van der Waals surface area contributed by atoms with E-state index < -0.39 is 0 Å². The molecule has 0 saturated carbocycles. The van der Waals surface area contributed by atoms with E-state index >= 15 is 0 Å². The Morgan fingerprint density at radius 2 is 2.20 bits per heavy atom. The zero-order valence-corrected chi connectivity index (χ0v) is 6.89. The standard InChI is InChI=1S/C7H15N3/c1-9-7(4-5-8)6-10(2)3/h5,8H,4,6H2,1-3H3. The summed E-state index contributed by atoms with van der Waals surface area (Å²) in [7, 11) is 5.76. The Balaban J connectivity index is 3.73. The highest BCUT2D eigenvalue weighted by atomic mass is 15.1. The lowest BCUT2D eigenvalue weighted by Crippen LogP contribution is -2.21. The second kappa shape index (κ2) is 5.11. The van der Waals surface area contributed by atoms with Gasteiger partial charge in [-0.25, -0.2) is 0 Å². The molecule has 0 aromatic rings. The van der Waals surface area contributed by atoms with Gasteiger partial charge in [-0.15, -0.1) is 0 Å². The summed E-state index contributed by atoms with van der Waals surface area (Å²) in [5.41, 5.74) is 1.06. The monoisotopic (exact) mass is 141 g/mol. The summed E-state index contributed by atoms with van der Waals surface area (Å²) in [5, 5.41) is 6.86. The largest absolute Gasteiger partial charge is 0.313 e. The van der Waals surface area contributed by atoms with Crippen molar-refractivity contribution in [3.8, 4) is 0 Å². The van der Waals surface area contributed by atoms with Gasteiger partial charge in [0.1, 0.15) is 0 Å². The van der Waals surface area contributed by atoms with Crippen molar-refractivity contribution in [2.75, 3.05) is 27.7 Å². The lowest BCUT2D eigenvalue weighted by molar-refractivity contribution is 0.468. The quantitative estimate of drug-likeness (QED) is 0.574. The molecule has 0 aromatic heterocycles. The van der Waals surface area contributed by atoms with Crippen LogP contribution in [0.2, 0.25) is 0 Å². The van der Waals surface area contributed by atoms with Crippen molar-refractivity contribution in [1.82, 2.24) is 4.90 Å². The van der Waals surface area contributed by atoms with E-state index in [2.05, 4.69) is 4.99 Å². The van der Waals surface area contributed by atoms with Gasteiger partial charge in [0.2, 0.25) is 0 Å². The van der Waals surface area contributed by atoms with Crippen molar-refractivity contribution in [2.24, 2.45) is 4.99 Å². The van der Waals surface area contributed by atoms with E-state index in [1.165, 1.54) is 6.21 Å². The number of rotatable bonds is 4. The van der Waals surface area contributed by atoms with Gasteiger partial charge in [-0.1, -0.05) is 0 Å². The van der Waals surface area contributed by atoms with Crippen LogP contribution in [0, 0.1) is 5.41 Å². The minimum Gasteiger partial charge on any atom is -0.313 e. The fraction of sp³-hybridized carbons (Fsp3) is 0.714. The van der Waals surface area contributed by atoms with E-state index in [1.54, 1.807) is 7.05 Å². The summed E-state index contributed by atoms with van der Waals surface area (Å²) >= 11 is 0. The van der Waals surface area contributed by atoms with E-state index in [9.17, 15) is 0 Å². The molecule has 0 spiro atoms. The van der Waals surface area contributed by atoms with Gasteiger partial charge in [0.25, 0.3) is 0 Å². The molecule has 1 N–H and O–H groups in total. The van der Waals surface area contributed by atoms with Crippen LogP contribution in [0.25, 0.3) is 0 Å². The molecule has 0 saturated heterocycles. The fourth-order valence-corrected chi connectivity index (χ4v) is 0.709. The molecule has 0 aliphatic heterocycles. The molecular weight excluding hydrogens is 126 g/mol. The molecule has 0 atom stereocenters. The fourth-order valence-electron chi connectivity index (χ4n) is 0.709. The van der Waals surface area contributed by atoms with Crippen molar-refractivity contribution >= 4 is 11.9 Å². The third-order valence-electron chi connectivity index (χ3n) is 1.15. The first kappa shape index (κ1) is 9.30. The van der Waals surface area contributed by atoms with E-state index in [1.807, 2.05) is 19.0 Å².